The Balaban J connectivity index is 1.52. The second-order valence-electron chi connectivity index (χ2n) is 8.55. The van der Waals surface area contributed by atoms with Crippen LogP contribution in [0.1, 0.15) is 56.2 Å². The zero-order valence-electron chi connectivity index (χ0n) is 19.0. The van der Waals surface area contributed by atoms with E-state index in [2.05, 4.69) is 65.7 Å². The molecule has 1 atom stereocenters. The SMILES string of the molecule is C[C@H]1CN(C(c2ccccc2)c2ccccc2)CCN1C(=O)NCCCCCCC(=O)O. The number of nitrogens with zero attached hydrogens (tertiary/aromatic N) is 2. The van der Waals surface area contributed by atoms with Crippen LogP contribution in [0, 0.1) is 0 Å². The number of unbranched alkanes of at least 4 members (excludes halogenated alkanes) is 3. The number of piperazine rings is 1. The van der Waals surface area contributed by atoms with Gasteiger partial charge >= 0.3 is 12.0 Å². The van der Waals surface area contributed by atoms with Crippen molar-refractivity contribution in [3.05, 3.63) is 71.8 Å². The van der Waals surface area contributed by atoms with Crippen molar-refractivity contribution in [2.45, 2.75) is 51.1 Å². The Hall–Kier alpha value is -2.86. The number of rotatable bonds is 10. The summed E-state index contributed by atoms with van der Waals surface area (Å²) in [4.78, 5) is 27.7. The summed E-state index contributed by atoms with van der Waals surface area (Å²) in [5, 5.41) is 11.7. The maximum atomic E-state index is 12.7. The summed E-state index contributed by atoms with van der Waals surface area (Å²) in [6, 6.07) is 21.4. The molecule has 0 bridgehead atoms. The first-order valence-electron chi connectivity index (χ1n) is 11.7. The second-order valence-corrected chi connectivity index (χ2v) is 8.55. The van der Waals surface area contributed by atoms with Crippen molar-refractivity contribution in [1.29, 1.82) is 0 Å². The van der Waals surface area contributed by atoms with Crippen LogP contribution in [-0.2, 0) is 4.79 Å². The molecule has 1 fully saturated rings. The Labute approximate surface area is 191 Å². The van der Waals surface area contributed by atoms with Crippen molar-refractivity contribution >= 4 is 12.0 Å². The van der Waals surface area contributed by atoms with Gasteiger partial charge in [-0.25, -0.2) is 4.79 Å². The molecule has 1 aliphatic rings. The Morgan fingerprint density at radius 1 is 0.938 bits per heavy atom. The highest BCUT2D eigenvalue weighted by Crippen LogP contribution is 2.30. The quantitative estimate of drug-likeness (QED) is 0.536. The summed E-state index contributed by atoms with van der Waals surface area (Å²) >= 11 is 0. The summed E-state index contributed by atoms with van der Waals surface area (Å²) in [5.74, 6) is -0.742. The summed E-state index contributed by atoms with van der Waals surface area (Å²) in [6.07, 6.45) is 3.63. The molecule has 0 aliphatic carbocycles. The molecule has 0 aromatic heterocycles. The number of benzene rings is 2. The summed E-state index contributed by atoms with van der Waals surface area (Å²) in [7, 11) is 0. The van der Waals surface area contributed by atoms with Gasteiger partial charge in [0.05, 0.1) is 6.04 Å². The van der Waals surface area contributed by atoms with Gasteiger partial charge in [-0.3, -0.25) is 9.69 Å². The fraction of sp³-hybridized carbons (Fsp3) is 0.462. The van der Waals surface area contributed by atoms with Crippen LogP contribution in [0.2, 0.25) is 0 Å². The van der Waals surface area contributed by atoms with E-state index < -0.39 is 5.97 Å². The lowest BCUT2D eigenvalue weighted by Crippen LogP contribution is -2.57. The molecule has 0 radical (unpaired) electrons. The van der Waals surface area contributed by atoms with Crippen LogP contribution in [0.25, 0.3) is 0 Å². The number of amides is 2. The van der Waals surface area contributed by atoms with Crippen LogP contribution in [-0.4, -0.2) is 59.1 Å². The minimum Gasteiger partial charge on any atom is -0.481 e. The molecule has 3 rings (SSSR count). The highest BCUT2D eigenvalue weighted by atomic mass is 16.4. The third-order valence-corrected chi connectivity index (χ3v) is 6.11. The fourth-order valence-electron chi connectivity index (χ4n) is 4.46. The van der Waals surface area contributed by atoms with Gasteiger partial charge in [-0.1, -0.05) is 73.5 Å². The zero-order chi connectivity index (χ0) is 22.8. The number of carboxylic acid groups (broad SMARTS) is 1. The minimum absolute atomic E-state index is 0.00124. The third-order valence-electron chi connectivity index (χ3n) is 6.11. The number of urea groups is 1. The number of nitrogens with one attached hydrogen (secondary N) is 1. The zero-order valence-corrected chi connectivity index (χ0v) is 19.0. The van der Waals surface area contributed by atoms with E-state index in [-0.39, 0.29) is 24.5 Å². The first-order chi connectivity index (χ1) is 15.6. The molecule has 1 saturated heterocycles. The standard InChI is InChI=1S/C26H35N3O3/c1-21-20-28(25(22-12-6-4-7-13-22)23-14-8-5-9-15-23)18-19-29(21)26(32)27-17-11-3-2-10-16-24(30)31/h4-9,12-15,21,25H,2-3,10-11,16-20H2,1H3,(H,27,32)(H,30,31)/t21-/m0/s1. The van der Waals surface area contributed by atoms with E-state index in [9.17, 15) is 9.59 Å². The van der Waals surface area contributed by atoms with Crippen molar-refractivity contribution in [3.8, 4) is 0 Å². The average molecular weight is 438 g/mol. The van der Waals surface area contributed by atoms with Gasteiger partial charge in [-0.15, -0.1) is 0 Å². The van der Waals surface area contributed by atoms with Crippen LogP contribution in [0.3, 0.4) is 0 Å². The molecule has 1 aliphatic heterocycles. The van der Waals surface area contributed by atoms with Gasteiger partial charge in [0.2, 0.25) is 0 Å². The van der Waals surface area contributed by atoms with Crippen molar-refractivity contribution in [3.63, 3.8) is 0 Å². The summed E-state index contributed by atoms with van der Waals surface area (Å²) < 4.78 is 0. The Bertz CT molecular complexity index is 804. The normalized spacial score (nSPS) is 16.8. The predicted molar refractivity (Wildman–Crippen MR) is 127 cm³/mol. The van der Waals surface area contributed by atoms with Crippen LogP contribution in [0.4, 0.5) is 4.79 Å². The molecular formula is C26H35N3O3. The van der Waals surface area contributed by atoms with E-state index in [0.29, 0.717) is 19.5 Å². The molecule has 0 unspecified atom stereocenters. The van der Waals surface area contributed by atoms with E-state index in [0.717, 1.165) is 32.4 Å². The van der Waals surface area contributed by atoms with Crippen LogP contribution < -0.4 is 5.32 Å². The molecule has 6 nitrogen and oxygen atoms in total. The smallest absolute Gasteiger partial charge is 0.317 e. The second kappa shape index (κ2) is 12.2. The molecule has 6 heteroatoms. The van der Waals surface area contributed by atoms with Crippen molar-refractivity contribution < 1.29 is 14.7 Å². The molecule has 0 saturated carbocycles. The summed E-state index contributed by atoms with van der Waals surface area (Å²) in [5.41, 5.74) is 2.54. The van der Waals surface area contributed by atoms with E-state index in [1.165, 1.54) is 11.1 Å². The third kappa shape index (κ3) is 6.82. The molecule has 2 aromatic rings. The molecule has 32 heavy (non-hydrogen) atoms. The van der Waals surface area contributed by atoms with E-state index >= 15 is 0 Å². The van der Waals surface area contributed by atoms with Gasteiger partial charge in [0.15, 0.2) is 0 Å². The highest BCUT2D eigenvalue weighted by molar-refractivity contribution is 5.74. The molecular weight excluding hydrogens is 402 g/mol. The number of carbonyl (C=O) groups is 2. The van der Waals surface area contributed by atoms with Crippen molar-refractivity contribution in [1.82, 2.24) is 15.1 Å². The van der Waals surface area contributed by atoms with E-state index in [4.69, 9.17) is 5.11 Å². The number of carboxylic acids is 1. The lowest BCUT2D eigenvalue weighted by molar-refractivity contribution is -0.137. The van der Waals surface area contributed by atoms with Crippen LogP contribution in [0.5, 0.6) is 0 Å². The minimum atomic E-state index is -0.742. The molecule has 0 spiro atoms. The van der Waals surface area contributed by atoms with Gasteiger partial charge in [0.1, 0.15) is 0 Å². The molecule has 172 valence electrons. The number of hydrogen-bond donors (Lipinski definition) is 2. The largest absolute Gasteiger partial charge is 0.481 e. The maximum Gasteiger partial charge on any atom is 0.317 e. The number of carbonyl (C=O) groups excluding carboxylic acids is 1. The highest BCUT2D eigenvalue weighted by Gasteiger charge is 2.32. The van der Waals surface area contributed by atoms with Crippen LogP contribution in [0.15, 0.2) is 60.7 Å². The molecule has 2 amide bonds. The van der Waals surface area contributed by atoms with Gasteiger partial charge < -0.3 is 15.3 Å². The van der Waals surface area contributed by atoms with E-state index in [1.807, 2.05) is 17.0 Å². The average Bonchev–Trinajstić information content (AvgIpc) is 2.80. The molecule has 2 N–H and O–H groups in total. The van der Waals surface area contributed by atoms with E-state index in [1.54, 1.807) is 0 Å². The number of hydrogen-bond acceptors (Lipinski definition) is 3. The lowest BCUT2D eigenvalue weighted by Gasteiger charge is -2.43. The Morgan fingerprint density at radius 3 is 2.09 bits per heavy atom. The predicted octanol–water partition coefficient (Wildman–Crippen LogP) is 4.53. The Morgan fingerprint density at radius 2 is 1.53 bits per heavy atom. The monoisotopic (exact) mass is 437 g/mol. The van der Waals surface area contributed by atoms with Gasteiger partial charge in [-0.05, 0) is 30.9 Å². The first kappa shape index (κ1) is 23.8. The van der Waals surface area contributed by atoms with Crippen LogP contribution >= 0.6 is 0 Å². The molecule has 2 aromatic carbocycles. The maximum absolute atomic E-state index is 12.7. The topological polar surface area (TPSA) is 72.9 Å². The number of aliphatic carboxylic acids is 1. The van der Waals surface area contributed by atoms with Gasteiger partial charge in [-0.2, -0.15) is 0 Å². The first-order valence-corrected chi connectivity index (χ1v) is 11.7. The molecule has 1 heterocycles. The summed E-state index contributed by atoms with van der Waals surface area (Å²) in [6.45, 7) is 5.08. The van der Waals surface area contributed by atoms with Crippen molar-refractivity contribution in [2.75, 3.05) is 26.2 Å². The van der Waals surface area contributed by atoms with Crippen molar-refractivity contribution in [2.24, 2.45) is 0 Å². The van der Waals surface area contributed by atoms with Gasteiger partial charge in [0, 0.05) is 38.6 Å². The fourth-order valence-corrected chi connectivity index (χ4v) is 4.46. The Kier molecular flexibility index (Phi) is 9.11. The lowest BCUT2D eigenvalue weighted by atomic mass is 9.95. The van der Waals surface area contributed by atoms with Gasteiger partial charge in [0.25, 0.3) is 0 Å².